The molecule has 0 spiro atoms. The molecule has 0 aliphatic heterocycles. The molecule has 1 heterocycles. The maximum Gasteiger partial charge on any atom is 0.391 e. The fraction of sp³-hybridized carbons (Fsp3) is 0.583. The number of rotatable bonds is 1. The average molecular weight is 263 g/mol. The quantitative estimate of drug-likeness (QED) is 0.789. The first-order chi connectivity index (χ1) is 8.31. The molecule has 18 heavy (non-hydrogen) atoms. The molecular formula is C12H13F4NO. The Morgan fingerprint density at radius 1 is 1.33 bits per heavy atom. The first-order valence-corrected chi connectivity index (χ1v) is 5.71. The summed E-state index contributed by atoms with van der Waals surface area (Å²) < 4.78 is 51.1. The van der Waals surface area contributed by atoms with Crippen LogP contribution in [-0.4, -0.2) is 16.3 Å². The van der Waals surface area contributed by atoms with Crippen molar-refractivity contribution < 1.29 is 22.7 Å². The van der Waals surface area contributed by atoms with E-state index in [0.29, 0.717) is 0 Å². The largest absolute Gasteiger partial charge is 0.391 e. The number of aromatic nitrogens is 1. The lowest BCUT2D eigenvalue weighted by atomic mass is 9.74. The molecule has 0 aromatic carbocycles. The highest BCUT2D eigenvalue weighted by atomic mass is 19.4. The van der Waals surface area contributed by atoms with Crippen LogP contribution in [-0.2, 0) is 5.60 Å². The summed E-state index contributed by atoms with van der Waals surface area (Å²) in [4.78, 5) is 3.58. The van der Waals surface area contributed by atoms with E-state index in [2.05, 4.69) is 4.98 Å². The molecule has 1 aromatic rings. The first-order valence-electron chi connectivity index (χ1n) is 5.71. The van der Waals surface area contributed by atoms with Crippen molar-refractivity contribution in [3.63, 3.8) is 0 Å². The van der Waals surface area contributed by atoms with Gasteiger partial charge in [0.05, 0.1) is 17.7 Å². The molecule has 1 aliphatic carbocycles. The summed E-state index contributed by atoms with van der Waals surface area (Å²) in [6.45, 7) is 0. The molecule has 100 valence electrons. The molecule has 2 unspecified atom stereocenters. The van der Waals surface area contributed by atoms with Gasteiger partial charge in [-0.05, 0) is 31.7 Å². The van der Waals surface area contributed by atoms with Gasteiger partial charge in [0.15, 0.2) is 0 Å². The van der Waals surface area contributed by atoms with Gasteiger partial charge in [0.2, 0.25) is 0 Å². The van der Waals surface area contributed by atoms with Crippen LogP contribution in [0.5, 0.6) is 0 Å². The Balaban J connectivity index is 2.25. The maximum atomic E-state index is 13.0. The molecule has 0 saturated heterocycles. The maximum absolute atomic E-state index is 13.0. The van der Waals surface area contributed by atoms with Crippen molar-refractivity contribution >= 4 is 0 Å². The molecule has 6 heteroatoms. The smallest absolute Gasteiger partial charge is 0.385 e. The summed E-state index contributed by atoms with van der Waals surface area (Å²) in [5, 5.41) is 10.3. The molecule has 1 saturated carbocycles. The number of nitrogens with zero attached hydrogens (tertiary/aromatic N) is 1. The van der Waals surface area contributed by atoms with Crippen LogP contribution in [0, 0.1) is 11.7 Å². The third kappa shape index (κ3) is 2.63. The Kier molecular flexibility index (Phi) is 3.31. The fourth-order valence-electron chi connectivity index (χ4n) is 2.46. The zero-order valence-electron chi connectivity index (χ0n) is 9.54. The van der Waals surface area contributed by atoms with Gasteiger partial charge in [-0.3, -0.25) is 4.98 Å². The van der Waals surface area contributed by atoms with Crippen LogP contribution >= 0.6 is 0 Å². The van der Waals surface area contributed by atoms with Crippen molar-refractivity contribution in [3.05, 3.63) is 29.8 Å². The second kappa shape index (κ2) is 4.50. The predicted molar refractivity (Wildman–Crippen MR) is 56.1 cm³/mol. The summed E-state index contributed by atoms with van der Waals surface area (Å²) in [6.07, 6.45) is -2.11. The molecule has 2 rings (SSSR count). The SMILES string of the molecule is OC1(c2cncc(F)c2)CCCC(C(F)(F)F)C1. The standard InChI is InChI=1S/C12H13F4NO/c13-10-4-9(6-17-7-10)11(18)3-1-2-8(5-11)12(14,15)16/h4,6-8,18H,1-3,5H2. The van der Waals surface area contributed by atoms with Crippen LogP contribution < -0.4 is 0 Å². The van der Waals surface area contributed by atoms with E-state index in [1.165, 1.54) is 6.20 Å². The van der Waals surface area contributed by atoms with Crippen molar-refractivity contribution in [1.82, 2.24) is 4.98 Å². The third-order valence-electron chi connectivity index (χ3n) is 3.43. The zero-order valence-corrected chi connectivity index (χ0v) is 9.54. The Hall–Kier alpha value is -1.17. The van der Waals surface area contributed by atoms with E-state index < -0.39 is 29.9 Å². The van der Waals surface area contributed by atoms with Gasteiger partial charge < -0.3 is 5.11 Å². The minimum absolute atomic E-state index is 0.00849. The summed E-state index contributed by atoms with van der Waals surface area (Å²) in [7, 11) is 0. The van der Waals surface area contributed by atoms with Crippen LogP contribution in [0.3, 0.4) is 0 Å². The van der Waals surface area contributed by atoms with E-state index in [1.54, 1.807) is 0 Å². The van der Waals surface area contributed by atoms with Crippen molar-refractivity contribution in [1.29, 1.82) is 0 Å². The van der Waals surface area contributed by atoms with Crippen LogP contribution in [0.2, 0.25) is 0 Å². The lowest BCUT2D eigenvalue weighted by Gasteiger charge is -2.37. The minimum atomic E-state index is -4.32. The Morgan fingerprint density at radius 3 is 2.67 bits per heavy atom. The number of pyridine rings is 1. The van der Waals surface area contributed by atoms with Gasteiger partial charge in [-0.25, -0.2) is 4.39 Å². The van der Waals surface area contributed by atoms with Crippen molar-refractivity contribution in [3.8, 4) is 0 Å². The predicted octanol–water partition coefficient (Wildman–Crippen LogP) is 3.16. The van der Waals surface area contributed by atoms with Crippen LogP contribution in [0.15, 0.2) is 18.5 Å². The van der Waals surface area contributed by atoms with Crippen molar-refractivity contribution in [2.75, 3.05) is 0 Å². The van der Waals surface area contributed by atoms with E-state index >= 15 is 0 Å². The lowest BCUT2D eigenvalue weighted by molar-refractivity contribution is -0.202. The third-order valence-corrected chi connectivity index (χ3v) is 3.43. The highest BCUT2D eigenvalue weighted by Gasteiger charge is 2.47. The Labute approximate surface area is 102 Å². The first kappa shape index (κ1) is 13.3. The second-order valence-electron chi connectivity index (χ2n) is 4.76. The molecule has 2 atom stereocenters. The van der Waals surface area contributed by atoms with Gasteiger partial charge in [0.1, 0.15) is 5.82 Å². The summed E-state index contributed by atoms with van der Waals surface area (Å²) >= 11 is 0. The van der Waals surface area contributed by atoms with Crippen LogP contribution in [0.4, 0.5) is 17.6 Å². The molecule has 0 radical (unpaired) electrons. The Bertz CT molecular complexity index is 434. The van der Waals surface area contributed by atoms with E-state index in [1.807, 2.05) is 0 Å². The van der Waals surface area contributed by atoms with E-state index in [-0.39, 0.29) is 24.8 Å². The number of halogens is 4. The molecule has 0 amide bonds. The minimum Gasteiger partial charge on any atom is -0.385 e. The molecule has 1 N–H and O–H groups in total. The molecule has 0 bridgehead atoms. The highest BCUT2D eigenvalue weighted by Crippen LogP contribution is 2.45. The fourth-order valence-corrected chi connectivity index (χ4v) is 2.46. The molecule has 2 nitrogen and oxygen atoms in total. The van der Waals surface area contributed by atoms with Gasteiger partial charge in [-0.1, -0.05) is 0 Å². The van der Waals surface area contributed by atoms with E-state index in [4.69, 9.17) is 0 Å². The summed E-state index contributed by atoms with van der Waals surface area (Å²) in [5.41, 5.74) is -1.51. The van der Waals surface area contributed by atoms with Gasteiger partial charge in [-0.15, -0.1) is 0 Å². The summed E-state index contributed by atoms with van der Waals surface area (Å²) in [6, 6.07) is 1.05. The number of aliphatic hydroxyl groups is 1. The second-order valence-corrected chi connectivity index (χ2v) is 4.76. The lowest BCUT2D eigenvalue weighted by Crippen LogP contribution is -2.38. The topological polar surface area (TPSA) is 33.1 Å². The normalized spacial score (nSPS) is 29.3. The monoisotopic (exact) mass is 263 g/mol. The molecule has 1 fully saturated rings. The van der Waals surface area contributed by atoms with Gasteiger partial charge in [-0.2, -0.15) is 13.2 Å². The van der Waals surface area contributed by atoms with Crippen LogP contribution in [0.1, 0.15) is 31.2 Å². The van der Waals surface area contributed by atoms with E-state index in [0.717, 1.165) is 12.3 Å². The van der Waals surface area contributed by atoms with Crippen LogP contribution in [0.25, 0.3) is 0 Å². The number of hydrogen-bond acceptors (Lipinski definition) is 2. The van der Waals surface area contributed by atoms with Crippen molar-refractivity contribution in [2.24, 2.45) is 5.92 Å². The number of hydrogen-bond donors (Lipinski definition) is 1. The molecular weight excluding hydrogens is 250 g/mol. The van der Waals surface area contributed by atoms with Gasteiger partial charge >= 0.3 is 6.18 Å². The van der Waals surface area contributed by atoms with Gasteiger partial charge in [0, 0.05) is 11.8 Å². The van der Waals surface area contributed by atoms with E-state index in [9.17, 15) is 22.7 Å². The average Bonchev–Trinajstić information content (AvgIpc) is 2.28. The van der Waals surface area contributed by atoms with Gasteiger partial charge in [0.25, 0.3) is 0 Å². The van der Waals surface area contributed by atoms with Crippen molar-refractivity contribution in [2.45, 2.75) is 37.5 Å². The Morgan fingerprint density at radius 2 is 2.06 bits per heavy atom. The summed E-state index contributed by atoms with van der Waals surface area (Å²) in [5.74, 6) is -2.20. The highest BCUT2D eigenvalue weighted by molar-refractivity contribution is 5.20. The zero-order chi connectivity index (χ0) is 13.4. The molecule has 1 aromatic heterocycles. The number of alkyl halides is 3. The molecule has 1 aliphatic rings.